The summed E-state index contributed by atoms with van der Waals surface area (Å²) in [7, 11) is -4.15. The Morgan fingerprint density at radius 3 is 2.15 bits per heavy atom. The van der Waals surface area contributed by atoms with Crippen LogP contribution in [0, 0.1) is 26.6 Å². The van der Waals surface area contributed by atoms with Crippen LogP contribution in [0.4, 0.5) is 10.1 Å². The summed E-state index contributed by atoms with van der Waals surface area (Å²) < 4.78 is 42.7. The van der Waals surface area contributed by atoms with E-state index in [-0.39, 0.29) is 23.4 Å². The number of amides is 2. The molecule has 0 spiro atoms. The molecule has 2 amide bonds. The van der Waals surface area contributed by atoms with Gasteiger partial charge in [0.25, 0.3) is 10.0 Å². The molecule has 9 heteroatoms. The first-order valence-corrected chi connectivity index (χ1v) is 14.8. The number of hydrogen-bond acceptors (Lipinski definition) is 4. The molecule has 0 aliphatic rings. The summed E-state index contributed by atoms with van der Waals surface area (Å²) in [5.41, 5.74) is 3.49. The van der Waals surface area contributed by atoms with Crippen LogP contribution in [-0.2, 0) is 26.2 Å². The van der Waals surface area contributed by atoms with Gasteiger partial charge in [0.1, 0.15) is 18.4 Å². The van der Waals surface area contributed by atoms with E-state index < -0.39 is 34.3 Å². The quantitative estimate of drug-likeness (QED) is 0.342. The summed E-state index contributed by atoms with van der Waals surface area (Å²) in [5.74, 6) is -1.34. The summed E-state index contributed by atoms with van der Waals surface area (Å²) >= 11 is 0. The molecule has 2 atom stereocenters. The van der Waals surface area contributed by atoms with Gasteiger partial charge in [0.05, 0.1) is 10.6 Å². The third-order valence-corrected chi connectivity index (χ3v) is 8.94. The number of hydrogen-bond donors (Lipinski definition) is 1. The zero-order valence-corrected chi connectivity index (χ0v) is 24.8. The number of carbonyl (C=O) groups is 2. The second-order valence-electron chi connectivity index (χ2n) is 10.2. The molecule has 0 aliphatic carbocycles. The van der Waals surface area contributed by atoms with Crippen molar-refractivity contribution in [3.8, 4) is 0 Å². The number of nitrogens with one attached hydrogen (secondary N) is 1. The molecule has 3 aromatic rings. The van der Waals surface area contributed by atoms with E-state index in [9.17, 15) is 22.4 Å². The second kappa shape index (κ2) is 13.1. The molecule has 0 aliphatic heterocycles. The van der Waals surface area contributed by atoms with E-state index in [1.54, 1.807) is 43.3 Å². The third-order valence-electron chi connectivity index (χ3n) is 7.17. The Labute approximate surface area is 237 Å². The van der Waals surface area contributed by atoms with E-state index in [0.29, 0.717) is 17.7 Å². The van der Waals surface area contributed by atoms with Crippen LogP contribution in [0.15, 0.2) is 71.6 Å². The maximum absolute atomic E-state index is 14.0. The van der Waals surface area contributed by atoms with E-state index in [2.05, 4.69) is 5.32 Å². The minimum absolute atomic E-state index is 0.000571. The fraction of sp³-hybridized carbons (Fsp3) is 0.355. The minimum atomic E-state index is -4.15. The van der Waals surface area contributed by atoms with Crippen LogP contribution in [0.1, 0.15) is 49.4 Å². The van der Waals surface area contributed by atoms with Crippen molar-refractivity contribution in [1.82, 2.24) is 10.2 Å². The van der Waals surface area contributed by atoms with E-state index >= 15 is 0 Å². The van der Waals surface area contributed by atoms with Gasteiger partial charge in [0.15, 0.2) is 0 Å². The molecule has 7 nitrogen and oxygen atoms in total. The summed E-state index contributed by atoms with van der Waals surface area (Å²) in [5, 5.41) is 2.90. The Morgan fingerprint density at radius 2 is 1.55 bits per heavy atom. The lowest BCUT2D eigenvalue weighted by Gasteiger charge is -2.33. The second-order valence-corrected chi connectivity index (χ2v) is 12.0. The predicted molar refractivity (Wildman–Crippen MR) is 156 cm³/mol. The third kappa shape index (κ3) is 7.27. The number of nitrogens with zero attached hydrogens (tertiary/aromatic N) is 2. The van der Waals surface area contributed by atoms with Crippen molar-refractivity contribution in [2.24, 2.45) is 0 Å². The van der Waals surface area contributed by atoms with Gasteiger partial charge in [0, 0.05) is 12.6 Å². The Morgan fingerprint density at radius 1 is 0.925 bits per heavy atom. The van der Waals surface area contributed by atoms with Gasteiger partial charge in [-0.1, -0.05) is 48.9 Å². The lowest BCUT2D eigenvalue weighted by atomic mass is 10.1. The van der Waals surface area contributed by atoms with Crippen molar-refractivity contribution in [3.63, 3.8) is 0 Å². The summed E-state index contributed by atoms with van der Waals surface area (Å²) in [6, 6.07) is 16.4. The van der Waals surface area contributed by atoms with E-state index in [4.69, 9.17) is 0 Å². The summed E-state index contributed by atoms with van der Waals surface area (Å²) in [4.78, 5) is 28.5. The highest BCUT2D eigenvalue weighted by molar-refractivity contribution is 7.92. The van der Waals surface area contributed by atoms with Gasteiger partial charge in [-0.25, -0.2) is 12.8 Å². The monoisotopic (exact) mass is 567 g/mol. The molecule has 0 saturated carbocycles. The zero-order valence-electron chi connectivity index (χ0n) is 23.9. The average Bonchev–Trinajstić information content (AvgIpc) is 2.92. The number of aryl methyl sites for hydroxylation is 2. The molecule has 1 N–H and O–H groups in total. The number of benzene rings is 3. The molecule has 0 radical (unpaired) electrons. The lowest BCUT2D eigenvalue weighted by Crippen LogP contribution is -2.52. The van der Waals surface area contributed by atoms with E-state index in [1.165, 1.54) is 29.2 Å². The van der Waals surface area contributed by atoms with Crippen LogP contribution in [0.25, 0.3) is 0 Å². The molecule has 40 heavy (non-hydrogen) atoms. The first-order chi connectivity index (χ1) is 18.8. The molecule has 0 heterocycles. The van der Waals surface area contributed by atoms with Gasteiger partial charge >= 0.3 is 0 Å². The van der Waals surface area contributed by atoms with E-state index in [0.717, 1.165) is 21.0 Å². The lowest BCUT2D eigenvalue weighted by molar-refractivity contribution is -0.139. The van der Waals surface area contributed by atoms with Gasteiger partial charge < -0.3 is 10.2 Å². The molecule has 0 saturated heterocycles. The highest BCUT2D eigenvalue weighted by Crippen LogP contribution is 2.29. The topological polar surface area (TPSA) is 86.8 Å². The predicted octanol–water partition coefficient (Wildman–Crippen LogP) is 5.28. The number of anilines is 1. The zero-order chi connectivity index (χ0) is 29.6. The molecule has 3 aromatic carbocycles. The van der Waals surface area contributed by atoms with Crippen molar-refractivity contribution in [3.05, 3.63) is 94.8 Å². The maximum Gasteiger partial charge on any atom is 0.264 e. The van der Waals surface area contributed by atoms with Gasteiger partial charge in [-0.05, 0) is 88.1 Å². The first kappa shape index (κ1) is 30.8. The Kier molecular flexibility index (Phi) is 10.1. The van der Waals surface area contributed by atoms with E-state index in [1.807, 2.05) is 40.7 Å². The Bertz CT molecular complexity index is 1440. The highest BCUT2D eigenvalue weighted by atomic mass is 32.2. The Hall–Kier alpha value is -3.72. The largest absolute Gasteiger partial charge is 0.352 e. The van der Waals surface area contributed by atoms with Crippen molar-refractivity contribution in [1.29, 1.82) is 0 Å². The summed E-state index contributed by atoms with van der Waals surface area (Å²) in [6.45, 7) is 10.4. The SMILES string of the molecule is CC[C@@H](C)NC(=O)[C@H](C)N(Cc1ccc(F)cc1)C(=O)CN(c1cccc(C)c1C)S(=O)(=O)c1ccc(C)cc1. The smallest absolute Gasteiger partial charge is 0.264 e. The normalized spacial score (nSPS) is 12.9. The van der Waals surface area contributed by atoms with Gasteiger partial charge in [-0.3, -0.25) is 13.9 Å². The van der Waals surface area contributed by atoms with Crippen LogP contribution in [0.3, 0.4) is 0 Å². The van der Waals surface area contributed by atoms with Crippen molar-refractivity contribution < 1.29 is 22.4 Å². The molecule has 0 fully saturated rings. The molecule has 0 unspecified atom stereocenters. The Balaban J connectivity index is 2.06. The molecular formula is C31H38FN3O4S. The maximum atomic E-state index is 14.0. The number of rotatable bonds is 11. The fourth-order valence-electron chi connectivity index (χ4n) is 4.19. The molecule has 3 rings (SSSR count). The molecule has 0 bridgehead atoms. The number of carbonyl (C=O) groups excluding carboxylic acids is 2. The molecule has 0 aromatic heterocycles. The first-order valence-electron chi connectivity index (χ1n) is 13.3. The fourth-order valence-corrected chi connectivity index (χ4v) is 5.66. The average molecular weight is 568 g/mol. The van der Waals surface area contributed by atoms with Crippen LogP contribution in [0.2, 0.25) is 0 Å². The standard InChI is InChI=1S/C31H38FN3O4S/c1-7-23(4)33-31(37)25(6)34(19-26-13-15-27(32)16-14-26)30(36)20-35(29-10-8-9-22(3)24(29)5)40(38,39)28-17-11-21(2)12-18-28/h8-18,23,25H,7,19-20H2,1-6H3,(H,33,37)/t23-,25+/m1/s1. The number of halogens is 1. The van der Waals surface area contributed by atoms with Crippen LogP contribution in [0.5, 0.6) is 0 Å². The summed E-state index contributed by atoms with van der Waals surface area (Å²) in [6.07, 6.45) is 0.708. The van der Waals surface area contributed by atoms with Gasteiger partial charge in [-0.2, -0.15) is 0 Å². The number of sulfonamides is 1. The van der Waals surface area contributed by atoms with Crippen molar-refractivity contribution in [2.75, 3.05) is 10.8 Å². The molecular weight excluding hydrogens is 529 g/mol. The van der Waals surface area contributed by atoms with Gasteiger partial charge in [-0.15, -0.1) is 0 Å². The minimum Gasteiger partial charge on any atom is -0.352 e. The van der Waals surface area contributed by atoms with Crippen molar-refractivity contribution >= 4 is 27.5 Å². The van der Waals surface area contributed by atoms with Gasteiger partial charge in [0.2, 0.25) is 11.8 Å². The highest BCUT2D eigenvalue weighted by Gasteiger charge is 2.33. The molecule has 214 valence electrons. The van der Waals surface area contributed by atoms with Crippen LogP contribution in [-0.4, -0.2) is 43.8 Å². The van der Waals surface area contributed by atoms with Crippen LogP contribution < -0.4 is 9.62 Å². The van der Waals surface area contributed by atoms with Crippen molar-refractivity contribution in [2.45, 2.75) is 71.5 Å². The van der Waals surface area contributed by atoms with Crippen LogP contribution >= 0.6 is 0 Å².